The number of esters is 1. The summed E-state index contributed by atoms with van der Waals surface area (Å²) in [5, 5.41) is 0.656. The summed E-state index contributed by atoms with van der Waals surface area (Å²) in [6, 6.07) is 11.2. The number of carbonyl (C=O) groups excluding carboxylic acids is 1. The van der Waals surface area contributed by atoms with Crippen molar-refractivity contribution < 1.29 is 14.3 Å². The molecule has 1 heterocycles. The van der Waals surface area contributed by atoms with E-state index < -0.39 is 0 Å². The fourth-order valence-electron chi connectivity index (χ4n) is 3.42. The third kappa shape index (κ3) is 5.33. The monoisotopic (exact) mass is 428 g/mol. The van der Waals surface area contributed by atoms with E-state index in [0.717, 1.165) is 34.6 Å². The highest BCUT2D eigenvalue weighted by Gasteiger charge is 2.14. The van der Waals surface area contributed by atoms with Gasteiger partial charge < -0.3 is 14.0 Å². The Labute approximate surface area is 183 Å². The smallest absolute Gasteiger partial charge is 0.338 e. The molecule has 0 saturated carbocycles. The van der Waals surface area contributed by atoms with Crippen LogP contribution < -0.4 is 4.74 Å². The predicted octanol–water partition coefficient (Wildman–Crippen LogP) is 6.18. The van der Waals surface area contributed by atoms with Crippen LogP contribution in [-0.2, 0) is 11.3 Å². The SMILES string of the molecule is CCCCCCOc1ccc(Cn2c(C)nc3ccc(C(=O)OCC)cc32)c(Cl)c1. The predicted molar refractivity (Wildman–Crippen MR) is 121 cm³/mol. The first-order valence-corrected chi connectivity index (χ1v) is 11.0. The van der Waals surface area contributed by atoms with Crippen LogP contribution in [0.25, 0.3) is 11.0 Å². The first kappa shape index (κ1) is 22.2. The number of aromatic nitrogens is 2. The van der Waals surface area contributed by atoms with Crippen LogP contribution in [0.1, 0.15) is 61.3 Å². The quantitative estimate of drug-likeness (QED) is 0.285. The maximum absolute atomic E-state index is 12.1. The standard InChI is InChI=1S/C24H29ClN2O3/c1-4-6-7-8-13-30-20-11-9-19(21(25)15-20)16-27-17(3)26-22-12-10-18(14-23(22)27)24(28)29-5-2/h9-12,14-15H,4-8,13,16H2,1-3H3. The van der Waals surface area contributed by atoms with Crippen molar-refractivity contribution in [2.75, 3.05) is 13.2 Å². The van der Waals surface area contributed by atoms with Gasteiger partial charge in [-0.25, -0.2) is 9.78 Å². The maximum atomic E-state index is 12.1. The molecular weight excluding hydrogens is 400 g/mol. The summed E-state index contributed by atoms with van der Waals surface area (Å²) in [6.07, 6.45) is 4.68. The van der Waals surface area contributed by atoms with Crippen molar-refractivity contribution in [1.82, 2.24) is 9.55 Å². The summed E-state index contributed by atoms with van der Waals surface area (Å²) in [5.41, 5.74) is 3.21. The van der Waals surface area contributed by atoms with Gasteiger partial charge in [-0.15, -0.1) is 0 Å². The molecule has 5 nitrogen and oxygen atoms in total. The number of unbranched alkanes of at least 4 members (excludes halogenated alkanes) is 3. The van der Waals surface area contributed by atoms with Gasteiger partial charge in [0.15, 0.2) is 0 Å². The Morgan fingerprint density at radius 3 is 2.67 bits per heavy atom. The van der Waals surface area contributed by atoms with E-state index in [9.17, 15) is 4.79 Å². The van der Waals surface area contributed by atoms with Crippen LogP contribution in [-0.4, -0.2) is 28.7 Å². The fourth-order valence-corrected chi connectivity index (χ4v) is 3.65. The lowest BCUT2D eigenvalue weighted by atomic mass is 10.1. The minimum absolute atomic E-state index is 0.330. The number of rotatable bonds is 10. The van der Waals surface area contributed by atoms with Gasteiger partial charge in [-0.3, -0.25) is 0 Å². The highest BCUT2D eigenvalue weighted by molar-refractivity contribution is 6.31. The van der Waals surface area contributed by atoms with Crippen molar-refractivity contribution in [3.05, 3.63) is 58.4 Å². The fraction of sp³-hybridized carbons (Fsp3) is 0.417. The molecule has 0 fully saturated rings. The lowest BCUT2D eigenvalue weighted by Gasteiger charge is -2.12. The van der Waals surface area contributed by atoms with Crippen molar-refractivity contribution in [1.29, 1.82) is 0 Å². The van der Waals surface area contributed by atoms with Crippen molar-refractivity contribution in [2.24, 2.45) is 0 Å². The zero-order valence-electron chi connectivity index (χ0n) is 17.9. The Hall–Kier alpha value is -2.53. The van der Waals surface area contributed by atoms with Gasteiger partial charge in [-0.2, -0.15) is 0 Å². The van der Waals surface area contributed by atoms with Gasteiger partial charge in [0.25, 0.3) is 0 Å². The van der Waals surface area contributed by atoms with E-state index in [1.54, 1.807) is 13.0 Å². The molecule has 0 bridgehead atoms. The molecule has 0 aliphatic heterocycles. The Kier molecular flexibility index (Phi) is 7.75. The molecule has 2 aromatic carbocycles. The van der Waals surface area contributed by atoms with Crippen LogP contribution in [0.15, 0.2) is 36.4 Å². The lowest BCUT2D eigenvalue weighted by Crippen LogP contribution is -2.06. The molecule has 3 aromatic rings. The van der Waals surface area contributed by atoms with Crippen LogP contribution in [0.4, 0.5) is 0 Å². The largest absolute Gasteiger partial charge is 0.494 e. The minimum atomic E-state index is -0.330. The molecule has 0 spiro atoms. The first-order valence-electron chi connectivity index (χ1n) is 10.6. The van der Waals surface area contributed by atoms with E-state index in [1.165, 1.54) is 19.3 Å². The lowest BCUT2D eigenvalue weighted by molar-refractivity contribution is 0.0526. The van der Waals surface area contributed by atoms with E-state index in [2.05, 4.69) is 16.5 Å². The van der Waals surface area contributed by atoms with Crippen LogP contribution in [0.3, 0.4) is 0 Å². The average molecular weight is 429 g/mol. The highest BCUT2D eigenvalue weighted by atomic mass is 35.5. The second kappa shape index (κ2) is 10.5. The van der Waals surface area contributed by atoms with Gasteiger partial charge >= 0.3 is 5.97 Å². The van der Waals surface area contributed by atoms with Crippen LogP contribution in [0.2, 0.25) is 5.02 Å². The van der Waals surface area contributed by atoms with E-state index in [4.69, 9.17) is 21.1 Å². The van der Waals surface area contributed by atoms with Gasteiger partial charge in [0.05, 0.1) is 36.4 Å². The van der Waals surface area contributed by atoms with Gasteiger partial charge in [-0.05, 0) is 56.2 Å². The van der Waals surface area contributed by atoms with Crippen molar-refractivity contribution >= 4 is 28.6 Å². The van der Waals surface area contributed by atoms with Gasteiger partial charge in [-0.1, -0.05) is 43.9 Å². The molecule has 0 aliphatic carbocycles. The van der Waals surface area contributed by atoms with Crippen LogP contribution in [0.5, 0.6) is 5.75 Å². The number of ether oxygens (including phenoxy) is 2. The summed E-state index contributed by atoms with van der Waals surface area (Å²) < 4.78 is 13.0. The second-order valence-electron chi connectivity index (χ2n) is 7.33. The number of fused-ring (bicyclic) bond motifs is 1. The van der Waals surface area contributed by atoms with E-state index in [-0.39, 0.29) is 5.97 Å². The van der Waals surface area contributed by atoms with Crippen molar-refractivity contribution in [3.8, 4) is 5.75 Å². The Morgan fingerprint density at radius 2 is 1.93 bits per heavy atom. The third-order valence-corrected chi connectivity index (χ3v) is 5.42. The van der Waals surface area contributed by atoms with E-state index >= 15 is 0 Å². The zero-order valence-corrected chi connectivity index (χ0v) is 18.7. The minimum Gasteiger partial charge on any atom is -0.494 e. The molecule has 3 rings (SSSR count). The number of hydrogen-bond acceptors (Lipinski definition) is 4. The summed E-state index contributed by atoms with van der Waals surface area (Å²) in [6.45, 7) is 7.55. The number of benzene rings is 2. The third-order valence-electron chi connectivity index (χ3n) is 5.07. The van der Waals surface area contributed by atoms with Gasteiger partial charge in [0.2, 0.25) is 0 Å². The van der Waals surface area contributed by atoms with E-state index in [0.29, 0.717) is 30.3 Å². The summed E-state index contributed by atoms with van der Waals surface area (Å²) in [5.74, 6) is 1.32. The Bertz CT molecular complexity index is 1010. The second-order valence-corrected chi connectivity index (χ2v) is 7.74. The van der Waals surface area contributed by atoms with Crippen LogP contribution >= 0.6 is 11.6 Å². The van der Waals surface area contributed by atoms with Crippen molar-refractivity contribution in [2.45, 2.75) is 53.0 Å². The molecule has 0 atom stereocenters. The molecule has 30 heavy (non-hydrogen) atoms. The number of hydrogen-bond donors (Lipinski definition) is 0. The molecule has 0 amide bonds. The Morgan fingerprint density at radius 1 is 1.10 bits per heavy atom. The van der Waals surface area contributed by atoms with E-state index in [1.807, 2.05) is 37.3 Å². The van der Waals surface area contributed by atoms with Crippen molar-refractivity contribution in [3.63, 3.8) is 0 Å². The zero-order chi connectivity index (χ0) is 21.5. The number of nitrogens with zero attached hydrogens (tertiary/aromatic N) is 2. The summed E-state index contributed by atoms with van der Waals surface area (Å²) in [4.78, 5) is 16.7. The number of halogens is 1. The number of carbonyl (C=O) groups is 1. The Balaban J connectivity index is 1.77. The summed E-state index contributed by atoms with van der Waals surface area (Å²) in [7, 11) is 0. The molecule has 0 saturated heterocycles. The molecule has 160 valence electrons. The maximum Gasteiger partial charge on any atom is 0.338 e. The summed E-state index contributed by atoms with van der Waals surface area (Å²) >= 11 is 6.55. The average Bonchev–Trinajstić information content (AvgIpc) is 3.04. The molecule has 0 radical (unpaired) electrons. The molecule has 6 heteroatoms. The topological polar surface area (TPSA) is 53.4 Å². The number of aryl methyl sites for hydroxylation is 1. The molecular formula is C24H29ClN2O3. The molecule has 0 N–H and O–H groups in total. The molecule has 0 aliphatic rings. The number of imidazole rings is 1. The normalized spacial score (nSPS) is 11.1. The molecule has 1 aromatic heterocycles. The highest BCUT2D eigenvalue weighted by Crippen LogP contribution is 2.26. The van der Waals surface area contributed by atoms with Gasteiger partial charge in [0.1, 0.15) is 11.6 Å². The van der Waals surface area contributed by atoms with Gasteiger partial charge in [0, 0.05) is 5.02 Å². The molecule has 0 unspecified atom stereocenters. The van der Waals surface area contributed by atoms with Crippen LogP contribution in [0, 0.1) is 6.92 Å². The first-order chi connectivity index (χ1) is 14.5.